The van der Waals surface area contributed by atoms with Gasteiger partial charge in [-0.05, 0) is 47.6 Å². The van der Waals surface area contributed by atoms with Crippen LogP contribution in [0.3, 0.4) is 0 Å². The van der Waals surface area contributed by atoms with Crippen molar-refractivity contribution in [2.24, 2.45) is 5.16 Å². The number of carbonyl (C=O) groups excluding carboxylic acids is 1. The monoisotopic (exact) mass is 487 g/mol. The molecule has 0 amide bonds. The molecule has 0 saturated carbocycles. The Morgan fingerprint density at radius 1 is 1.18 bits per heavy atom. The van der Waals surface area contributed by atoms with Crippen LogP contribution in [0.1, 0.15) is 74.3 Å². The molecule has 1 aliphatic heterocycles. The molecule has 7 heteroatoms. The number of nitrogens with zero attached hydrogens (tertiary/aromatic N) is 1. The van der Waals surface area contributed by atoms with Crippen LogP contribution in [-0.4, -0.2) is 42.7 Å². The van der Waals surface area contributed by atoms with E-state index < -0.39 is 6.10 Å². The van der Waals surface area contributed by atoms with Gasteiger partial charge < -0.3 is 19.4 Å². The molecule has 1 fully saturated rings. The second-order valence-corrected chi connectivity index (χ2v) is 9.01. The molecule has 34 heavy (non-hydrogen) atoms. The highest BCUT2D eigenvalue weighted by Gasteiger charge is 2.30. The topological polar surface area (TPSA) is 77.4 Å². The van der Waals surface area contributed by atoms with E-state index >= 15 is 0 Å². The van der Waals surface area contributed by atoms with Crippen molar-refractivity contribution in [1.82, 2.24) is 0 Å². The molecule has 2 aromatic rings. The lowest BCUT2D eigenvalue weighted by molar-refractivity contribution is -0.157. The first kappa shape index (κ1) is 26.2. The molecule has 3 unspecified atom stereocenters. The Morgan fingerprint density at radius 2 is 1.94 bits per heavy atom. The largest absolute Gasteiger partial charge is 0.463 e. The number of hydrogen-bond donors (Lipinski definition) is 1. The van der Waals surface area contributed by atoms with Crippen molar-refractivity contribution < 1.29 is 24.2 Å². The maximum Gasteiger partial charge on any atom is 0.305 e. The molecule has 1 N–H and O–H groups in total. The highest BCUT2D eigenvalue weighted by Crippen LogP contribution is 2.34. The zero-order valence-corrected chi connectivity index (χ0v) is 20.9. The third-order valence-corrected chi connectivity index (χ3v) is 6.29. The Balaban J connectivity index is 1.70. The molecule has 1 aliphatic rings. The average molecular weight is 488 g/mol. The Bertz CT molecular complexity index is 975. The minimum absolute atomic E-state index is 0.158. The van der Waals surface area contributed by atoms with Crippen molar-refractivity contribution in [3.05, 3.63) is 69.7 Å². The number of halogens is 1. The Labute approximate surface area is 206 Å². The number of hydrogen-bond acceptors (Lipinski definition) is 6. The van der Waals surface area contributed by atoms with Gasteiger partial charge in [-0.2, -0.15) is 0 Å². The van der Waals surface area contributed by atoms with Gasteiger partial charge in [-0.15, -0.1) is 0 Å². The first-order valence-electron chi connectivity index (χ1n) is 11.9. The molecular weight excluding hydrogens is 454 g/mol. The lowest BCUT2D eigenvalue weighted by Crippen LogP contribution is -2.35. The van der Waals surface area contributed by atoms with E-state index in [4.69, 9.17) is 25.9 Å². The summed E-state index contributed by atoms with van der Waals surface area (Å²) in [6.45, 7) is 4.13. The van der Waals surface area contributed by atoms with Crippen LogP contribution in [0.25, 0.3) is 0 Å². The van der Waals surface area contributed by atoms with Gasteiger partial charge in [0.1, 0.15) is 13.7 Å². The summed E-state index contributed by atoms with van der Waals surface area (Å²) >= 11 is 6.52. The van der Waals surface area contributed by atoms with Gasteiger partial charge in [-0.3, -0.25) is 4.79 Å². The third-order valence-electron chi connectivity index (χ3n) is 5.92. The molecule has 1 heterocycles. The molecule has 0 bridgehead atoms. The van der Waals surface area contributed by atoms with Crippen LogP contribution in [0.15, 0.2) is 47.6 Å². The molecule has 3 atom stereocenters. The first-order chi connectivity index (χ1) is 16.4. The lowest BCUT2D eigenvalue weighted by Gasteiger charge is -2.33. The zero-order valence-electron chi connectivity index (χ0n) is 20.1. The quantitative estimate of drug-likeness (QED) is 0.267. The van der Waals surface area contributed by atoms with E-state index in [0.29, 0.717) is 30.7 Å². The first-order valence-corrected chi connectivity index (χ1v) is 12.3. The second kappa shape index (κ2) is 12.9. The molecular formula is C27H34ClNO5. The summed E-state index contributed by atoms with van der Waals surface area (Å²) in [7, 11) is 1.55. The molecule has 0 aliphatic carbocycles. The van der Waals surface area contributed by atoms with Crippen LogP contribution >= 0.6 is 11.6 Å². The molecule has 6 nitrogen and oxygen atoms in total. The third kappa shape index (κ3) is 7.29. The Hall–Kier alpha value is -2.41. The average Bonchev–Trinajstić information content (AvgIpc) is 2.83. The van der Waals surface area contributed by atoms with E-state index in [1.165, 1.54) is 0 Å². The number of aliphatic hydroxyl groups excluding tert-OH is 1. The van der Waals surface area contributed by atoms with Gasteiger partial charge in [-0.25, -0.2) is 0 Å². The molecule has 3 rings (SSSR count). The predicted octanol–water partition coefficient (Wildman–Crippen LogP) is 5.62. The van der Waals surface area contributed by atoms with E-state index in [1.54, 1.807) is 7.11 Å². The smallest absolute Gasteiger partial charge is 0.305 e. The predicted molar refractivity (Wildman–Crippen MR) is 133 cm³/mol. The van der Waals surface area contributed by atoms with Crippen LogP contribution < -0.4 is 0 Å². The summed E-state index contributed by atoms with van der Waals surface area (Å²) in [6, 6.07) is 14.1. The molecule has 0 spiro atoms. The van der Waals surface area contributed by atoms with E-state index in [1.807, 2.05) is 44.2 Å². The van der Waals surface area contributed by atoms with E-state index in [-0.39, 0.29) is 24.8 Å². The standard InChI is InChI=1S/C27H34ClNO5/c1-4-6-27(31)33-17-23-15-22(30)16-26(34-23)20-11-12-24(28)21(14-20)13-18-7-9-19(10-8-18)25(5-2)29-32-3/h7-12,14,22-23,26,30H,4-6,13,15-17H2,1-3H3/b29-25+. The molecule has 1 saturated heterocycles. The summed E-state index contributed by atoms with van der Waals surface area (Å²) in [5.41, 5.74) is 5.00. The maximum atomic E-state index is 11.7. The fourth-order valence-corrected chi connectivity index (χ4v) is 4.36. The van der Waals surface area contributed by atoms with E-state index in [9.17, 15) is 9.90 Å². The van der Waals surface area contributed by atoms with E-state index in [2.05, 4.69) is 17.3 Å². The molecule has 2 aromatic carbocycles. The molecule has 0 aromatic heterocycles. The number of oxime groups is 1. The van der Waals surface area contributed by atoms with Crippen LogP contribution in [0, 0.1) is 0 Å². The fourth-order valence-electron chi connectivity index (χ4n) is 4.17. The molecule has 0 radical (unpaired) electrons. The SMILES string of the molecule is CCCC(=O)OCC1CC(O)CC(c2ccc(Cl)c(Cc3ccc(/C(CC)=N/OC)cc3)c2)O1. The van der Waals surface area contributed by atoms with Crippen molar-refractivity contribution in [3.8, 4) is 0 Å². The minimum Gasteiger partial charge on any atom is -0.463 e. The van der Waals surface area contributed by atoms with Crippen molar-refractivity contribution in [2.75, 3.05) is 13.7 Å². The van der Waals surface area contributed by atoms with Crippen LogP contribution in [0.2, 0.25) is 5.02 Å². The van der Waals surface area contributed by atoms with Gasteiger partial charge >= 0.3 is 5.97 Å². The maximum absolute atomic E-state index is 11.7. The van der Waals surface area contributed by atoms with Gasteiger partial charge in [0, 0.05) is 24.3 Å². The van der Waals surface area contributed by atoms with Crippen molar-refractivity contribution in [1.29, 1.82) is 0 Å². The normalized spacial score (nSPS) is 20.7. The summed E-state index contributed by atoms with van der Waals surface area (Å²) in [4.78, 5) is 16.6. The number of aliphatic hydroxyl groups is 1. The molecule has 184 valence electrons. The summed E-state index contributed by atoms with van der Waals surface area (Å²) in [5, 5.41) is 15.2. The van der Waals surface area contributed by atoms with Crippen LogP contribution in [0.4, 0.5) is 0 Å². The summed E-state index contributed by atoms with van der Waals surface area (Å²) in [5.74, 6) is -0.234. The second-order valence-electron chi connectivity index (χ2n) is 8.60. The fraction of sp³-hybridized carbons (Fsp3) is 0.481. The van der Waals surface area contributed by atoms with Gasteiger partial charge in [-0.1, -0.05) is 67.0 Å². The van der Waals surface area contributed by atoms with Gasteiger partial charge in [0.25, 0.3) is 0 Å². The number of esters is 1. The van der Waals surface area contributed by atoms with Crippen molar-refractivity contribution >= 4 is 23.3 Å². The zero-order chi connectivity index (χ0) is 24.5. The van der Waals surface area contributed by atoms with Gasteiger partial charge in [0.2, 0.25) is 0 Å². The van der Waals surface area contributed by atoms with Gasteiger partial charge in [0.05, 0.1) is 24.0 Å². The summed E-state index contributed by atoms with van der Waals surface area (Å²) < 4.78 is 11.5. The van der Waals surface area contributed by atoms with E-state index in [0.717, 1.165) is 40.8 Å². The number of benzene rings is 2. The lowest BCUT2D eigenvalue weighted by atomic mass is 9.93. The minimum atomic E-state index is -0.512. The van der Waals surface area contributed by atoms with Gasteiger partial charge in [0.15, 0.2) is 0 Å². The van der Waals surface area contributed by atoms with Crippen molar-refractivity contribution in [2.45, 2.75) is 70.7 Å². The number of rotatable bonds is 10. The Morgan fingerprint density at radius 3 is 2.62 bits per heavy atom. The Kier molecular flexibility index (Phi) is 9.93. The number of ether oxygens (including phenoxy) is 2. The highest BCUT2D eigenvalue weighted by atomic mass is 35.5. The van der Waals surface area contributed by atoms with Crippen molar-refractivity contribution in [3.63, 3.8) is 0 Å². The number of carbonyl (C=O) groups is 1. The highest BCUT2D eigenvalue weighted by molar-refractivity contribution is 6.31. The summed E-state index contributed by atoms with van der Waals surface area (Å²) in [6.07, 6.45) is 2.41. The van der Waals surface area contributed by atoms with Crippen LogP contribution in [0.5, 0.6) is 0 Å². The van der Waals surface area contributed by atoms with Crippen LogP contribution in [-0.2, 0) is 25.5 Å².